The van der Waals surface area contributed by atoms with Gasteiger partial charge in [0.05, 0.1) is 26.4 Å². The smallest absolute Gasteiger partial charge is 0.278 e. The first-order valence-corrected chi connectivity index (χ1v) is 5.73. The first kappa shape index (κ1) is 14.3. The molecule has 5 nitrogen and oxygen atoms in total. The van der Waals surface area contributed by atoms with Crippen molar-refractivity contribution in [3.63, 3.8) is 0 Å². The minimum atomic E-state index is -0.355. The number of hydrogen-bond acceptors (Lipinski definition) is 4. The molecule has 1 N–H and O–H groups in total. The molecule has 100 valence electrons. The van der Waals surface area contributed by atoms with Crippen molar-refractivity contribution in [3.8, 4) is 11.5 Å². The van der Waals surface area contributed by atoms with Crippen molar-refractivity contribution in [1.29, 1.82) is 0 Å². The van der Waals surface area contributed by atoms with Crippen molar-refractivity contribution in [2.75, 3.05) is 20.8 Å². The molecule has 0 aliphatic carbocycles. The highest BCUT2D eigenvalue weighted by molar-refractivity contribution is 5.97. The molecule has 18 heavy (non-hydrogen) atoms. The molecule has 0 bridgehead atoms. The zero-order valence-corrected chi connectivity index (χ0v) is 11.1. The maximum atomic E-state index is 11.9. The maximum absolute atomic E-state index is 11.9. The highest BCUT2D eigenvalue weighted by Gasteiger charge is 2.16. The fourth-order valence-electron chi connectivity index (χ4n) is 1.39. The molecule has 1 amide bonds. The van der Waals surface area contributed by atoms with E-state index in [1.807, 2.05) is 13.8 Å². The van der Waals surface area contributed by atoms with Crippen LogP contribution in [-0.4, -0.2) is 26.7 Å². The number of carbonyl (C=O) groups excluding carboxylic acids is 1. The number of ether oxygens (including phenoxy) is 2. The topological polar surface area (TPSA) is 56.8 Å². The second kappa shape index (κ2) is 6.86. The number of nitrogens with one attached hydrogen (secondary N) is 1. The first-order chi connectivity index (χ1) is 8.60. The monoisotopic (exact) mass is 253 g/mol. The Balaban J connectivity index is 2.79. The summed E-state index contributed by atoms with van der Waals surface area (Å²) in [5, 5.41) is 0. The van der Waals surface area contributed by atoms with E-state index < -0.39 is 0 Å². The number of para-hydroxylation sites is 1. The van der Waals surface area contributed by atoms with Gasteiger partial charge in [-0.2, -0.15) is 0 Å². The summed E-state index contributed by atoms with van der Waals surface area (Å²) in [6.45, 7) is 4.45. The largest absolute Gasteiger partial charge is 0.493 e. The maximum Gasteiger partial charge on any atom is 0.278 e. The average molecular weight is 253 g/mol. The summed E-state index contributed by atoms with van der Waals surface area (Å²) >= 11 is 0. The van der Waals surface area contributed by atoms with Crippen molar-refractivity contribution < 1.29 is 19.1 Å². The number of hydroxylamine groups is 1. The number of carbonyl (C=O) groups is 1. The Kier molecular flexibility index (Phi) is 5.45. The summed E-state index contributed by atoms with van der Waals surface area (Å²) in [6.07, 6.45) is 0. The molecule has 0 radical (unpaired) electrons. The number of methoxy groups -OCH3 is 2. The van der Waals surface area contributed by atoms with Crippen LogP contribution in [0.25, 0.3) is 0 Å². The third-order valence-corrected chi connectivity index (χ3v) is 2.23. The number of hydrogen-bond donors (Lipinski definition) is 1. The van der Waals surface area contributed by atoms with E-state index in [0.717, 1.165) is 0 Å². The van der Waals surface area contributed by atoms with Crippen LogP contribution in [0.15, 0.2) is 18.2 Å². The van der Waals surface area contributed by atoms with Gasteiger partial charge < -0.3 is 9.47 Å². The van der Waals surface area contributed by atoms with Gasteiger partial charge in [-0.15, -0.1) is 0 Å². The van der Waals surface area contributed by atoms with Gasteiger partial charge in [0.1, 0.15) is 0 Å². The molecular formula is C13H19NO4. The summed E-state index contributed by atoms with van der Waals surface area (Å²) in [6, 6.07) is 5.10. The van der Waals surface area contributed by atoms with Crippen LogP contribution >= 0.6 is 0 Å². The SMILES string of the molecule is COc1cccc(C(=O)NOCC(C)C)c1OC. The second-order valence-corrected chi connectivity index (χ2v) is 4.18. The van der Waals surface area contributed by atoms with Crippen molar-refractivity contribution in [1.82, 2.24) is 5.48 Å². The molecule has 1 aromatic carbocycles. The molecule has 0 aliphatic heterocycles. The summed E-state index contributed by atoms with van der Waals surface area (Å²) in [7, 11) is 3.01. The number of amides is 1. The highest BCUT2D eigenvalue weighted by atomic mass is 16.7. The summed E-state index contributed by atoms with van der Waals surface area (Å²) in [5.74, 6) is 0.892. The Hall–Kier alpha value is -1.75. The van der Waals surface area contributed by atoms with Gasteiger partial charge in [0, 0.05) is 0 Å². The van der Waals surface area contributed by atoms with E-state index in [1.54, 1.807) is 18.2 Å². The van der Waals surface area contributed by atoms with E-state index in [-0.39, 0.29) is 5.91 Å². The molecule has 0 fully saturated rings. The standard InChI is InChI=1S/C13H19NO4/c1-9(2)8-18-14-13(15)10-6-5-7-11(16-3)12(10)17-4/h5-7,9H,8H2,1-4H3,(H,14,15). The van der Waals surface area contributed by atoms with Gasteiger partial charge >= 0.3 is 0 Å². The van der Waals surface area contributed by atoms with Crippen LogP contribution in [0.1, 0.15) is 24.2 Å². The van der Waals surface area contributed by atoms with Crippen molar-refractivity contribution in [3.05, 3.63) is 23.8 Å². The van der Waals surface area contributed by atoms with Gasteiger partial charge in [0.15, 0.2) is 11.5 Å². The van der Waals surface area contributed by atoms with Crippen molar-refractivity contribution >= 4 is 5.91 Å². The molecule has 1 rings (SSSR count). The van der Waals surface area contributed by atoms with E-state index in [9.17, 15) is 4.79 Å². The van der Waals surface area contributed by atoms with Crippen LogP contribution in [0.5, 0.6) is 11.5 Å². The predicted molar refractivity (Wildman–Crippen MR) is 67.8 cm³/mol. The van der Waals surface area contributed by atoms with Crippen molar-refractivity contribution in [2.45, 2.75) is 13.8 Å². The van der Waals surface area contributed by atoms with Crippen LogP contribution in [0.4, 0.5) is 0 Å². The summed E-state index contributed by atoms with van der Waals surface area (Å²) < 4.78 is 10.3. The zero-order valence-electron chi connectivity index (χ0n) is 11.1. The Morgan fingerprint density at radius 2 is 2.00 bits per heavy atom. The molecule has 0 atom stereocenters. The van der Waals surface area contributed by atoms with Crippen molar-refractivity contribution in [2.24, 2.45) is 5.92 Å². The fraction of sp³-hybridized carbons (Fsp3) is 0.462. The van der Waals surface area contributed by atoms with Gasteiger partial charge in [0.25, 0.3) is 5.91 Å². The number of benzene rings is 1. The highest BCUT2D eigenvalue weighted by Crippen LogP contribution is 2.30. The van der Waals surface area contributed by atoms with E-state index in [4.69, 9.17) is 14.3 Å². The normalized spacial score (nSPS) is 10.3. The van der Waals surface area contributed by atoms with Gasteiger partial charge in [-0.1, -0.05) is 19.9 Å². The van der Waals surface area contributed by atoms with Gasteiger partial charge in [-0.05, 0) is 18.1 Å². The molecular weight excluding hydrogens is 234 g/mol. The molecule has 5 heteroatoms. The molecule has 0 unspecified atom stereocenters. The zero-order chi connectivity index (χ0) is 13.5. The first-order valence-electron chi connectivity index (χ1n) is 5.73. The lowest BCUT2D eigenvalue weighted by molar-refractivity contribution is 0.0206. The van der Waals surface area contributed by atoms with Gasteiger partial charge in [-0.3, -0.25) is 9.63 Å². The Labute approximate surface area is 107 Å². The van der Waals surface area contributed by atoms with Crippen LogP contribution in [0.3, 0.4) is 0 Å². The second-order valence-electron chi connectivity index (χ2n) is 4.18. The van der Waals surface area contributed by atoms with Crippen LogP contribution in [0.2, 0.25) is 0 Å². The molecule has 0 heterocycles. The lowest BCUT2D eigenvalue weighted by Crippen LogP contribution is -2.26. The van der Waals surface area contributed by atoms with Crippen LogP contribution in [-0.2, 0) is 4.84 Å². The van der Waals surface area contributed by atoms with E-state index >= 15 is 0 Å². The van der Waals surface area contributed by atoms with Gasteiger partial charge in [-0.25, -0.2) is 5.48 Å². The minimum Gasteiger partial charge on any atom is -0.493 e. The lowest BCUT2D eigenvalue weighted by Gasteiger charge is -2.13. The predicted octanol–water partition coefficient (Wildman–Crippen LogP) is 2.02. The van der Waals surface area contributed by atoms with Gasteiger partial charge in [0.2, 0.25) is 0 Å². The minimum absolute atomic E-state index is 0.345. The Morgan fingerprint density at radius 3 is 2.56 bits per heavy atom. The molecule has 1 aromatic rings. The fourth-order valence-corrected chi connectivity index (χ4v) is 1.39. The third-order valence-electron chi connectivity index (χ3n) is 2.23. The molecule has 0 aliphatic rings. The molecule has 0 aromatic heterocycles. The molecule has 0 spiro atoms. The molecule has 0 saturated carbocycles. The number of rotatable bonds is 6. The van der Waals surface area contributed by atoms with Crippen LogP contribution in [0, 0.1) is 5.92 Å². The van der Waals surface area contributed by atoms with E-state index in [2.05, 4.69) is 5.48 Å². The van der Waals surface area contributed by atoms with Crippen LogP contribution < -0.4 is 15.0 Å². The Morgan fingerprint density at radius 1 is 1.28 bits per heavy atom. The van der Waals surface area contributed by atoms with E-state index in [1.165, 1.54) is 14.2 Å². The van der Waals surface area contributed by atoms with E-state index in [0.29, 0.717) is 29.6 Å². The average Bonchev–Trinajstić information content (AvgIpc) is 2.36. The quantitative estimate of drug-likeness (QED) is 0.788. The summed E-state index contributed by atoms with van der Waals surface area (Å²) in [5.41, 5.74) is 2.76. The third kappa shape index (κ3) is 3.63. The Bertz CT molecular complexity index is 404. The molecule has 0 saturated heterocycles. The summed E-state index contributed by atoms with van der Waals surface area (Å²) in [4.78, 5) is 17.0. The lowest BCUT2D eigenvalue weighted by atomic mass is 10.2.